The van der Waals surface area contributed by atoms with Crippen molar-refractivity contribution in [1.82, 2.24) is 0 Å². The van der Waals surface area contributed by atoms with E-state index in [0.29, 0.717) is 0 Å². The topological polar surface area (TPSA) is 52.3 Å². The SMILES string of the molecule is CCC(C(=O)OC)C(N)C(F)C(F)F. The predicted octanol–water partition coefficient (Wildman–Crippen LogP) is 1.12. The van der Waals surface area contributed by atoms with Gasteiger partial charge in [0, 0.05) is 0 Å². The van der Waals surface area contributed by atoms with E-state index >= 15 is 0 Å². The molecular formula is C8H14F3NO2. The van der Waals surface area contributed by atoms with Gasteiger partial charge in [0.1, 0.15) is 0 Å². The summed E-state index contributed by atoms with van der Waals surface area (Å²) < 4.78 is 41.0. The fourth-order valence-corrected chi connectivity index (χ4v) is 1.14. The molecule has 0 bridgehead atoms. The molecule has 3 atom stereocenters. The van der Waals surface area contributed by atoms with E-state index in [2.05, 4.69) is 4.74 Å². The van der Waals surface area contributed by atoms with E-state index in [1.165, 1.54) is 0 Å². The molecule has 0 aliphatic rings. The number of ether oxygens (including phenoxy) is 1. The highest BCUT2D eigenvalue weighted by Crippen LogP contribution is 2.18. The second-order valence-electron chi connectivity index (χ2n) is 2.89. The zero-order valence-electron chi connectivity index (χ0n) is 8.04. The van der Waals surface area contributed by atoms with Crippen molar-refractivity contribution < 1.29 is 22.7 Å². The summed E-state index contributed by atoms with van der Waals surface area (Å²) in [7, 11) is 1.10. The van der Waals surface area contributed by atoms with Gasteiger partial charge in [-0.1, -0.05) is 6.92 Å². The van der Waals surface area contributed by atoms with Gasteiger partial charge in [-0.15, -0.1) is 0 Å². The molecule has 2 N–H and O–H groups in total. The molecule has 0 aliphatic heterocycles. The Kier molecular flexibility index (Phi) is 5.52. The van der Waals surface area contributed by atoms with Crippen molar-refractivity contribution in [3.05, 3.63) is 0 Å². The van der Waals surface area contributed by atoms with Gasteiger partial charge in [0.2, 0.25) is 0 Å². The minimum atomic E-state index is -3.18. The van der Waals surface area contributed by atoms with Crippen molar-refractivity contribution in [3.63, 3.8) is 0 Å². The lowest BCUT2D eigenvalue weighted by molar-refractivity contribution is -0.147. The smallest absolute Gasteiger partial charge is 0.310 e. The van der Waals surface area contributed by atoms with Gasteiger partial charge in [-0.05, 0) is 6.42 Å². The molecule has 0 saturated heterocycles. The normalized spacial score (nSPS) is 17.6. The molecule has 0 aliphatic carbocycles. The van der Waals surface area contributed by atoms with Crippen molar-refractivity contribution in [1.29, 1.82) is 0 Å². The Balaban J connectivity index is 4.45. The van der Waals surface area contributed by atoms with Crippen LogP contribution in [0.4, 0.5) is 13.2 Å². The molecule has 0 fully saturated rings. The summed E-state index contributed by atoms with van der Waals surface area (Å²) in [6.07, 6.45) is -5.51. The Morgan fingerprint density at radius 2 is 1.93 bits per heavy atom. The van der Waals surface area contributed by atoms with Gasteiger partial charge in [-0.25, -0.2) is 13.2 Å². The molecule has 84 valence electrons. The molecule has 6 heteroatoms. The van der Waals surface area contributed by atoms with E-state index in [4.69, 9.17) is 5.73 Å². The van der Waals surface area contributed by atoms with Gasteiger partial charge in [0.05, 0.1) is 19.1 Å². The van der Waals surface area contributed by atoms with Crippen LogP contribution in [0.1, 0.15) is 13.3 Å². The van der Waals surface area contributed by atoms with Crippen LogP contribution in [0.5, 0.6) is 0 Å². The van der Waals surface area contributed by atoms with Crippen LogP contribution >= 0.6 is 0 Å². The largest absolute Gasteiger partial charge is 0.469 e. The third-order valence-corrected chi connectivity index (χ3v) is 2.02. The van der Waals surface area contributed by atoms with Crippen LogP contribution in [0.2, 0.25) is 0 Å². The van der Waals surface area contributed by atoms with Crippen LogP contribution in [0.25, 0.3) is 0 Å². The molecule has 0 radical (unpaired) electrons. The van der Waals surface area contributed by atoms with E-state index in [9.17, 15) is 18.0 Å². The summed E-state index contributed by atoms with van der Waals surface area (Å²) in [5, 5.41) is 0. The van der Waals surface area contributed by atoms with Crippen LogP contribution in [-0.2, 0) is 9.53 Å². The van der Waals surface area contributed by atoms with Gasteiger partial charge in [-0.2, -0.15) is 0 Å². The molecule has 0 saturated carbocycles. The van der Waals surface area contributed by atoms with Crippen LogP contribution in [0.15, 0.2) is 0 Å². The number of hydrogen-bond acceptors (Lipinski definition) is 3. The average Bonchev–Trinajstić information content (AvgIpc) is 2.16. The van der Waals surface area contributed by atoms with Gasteiger partial charge in [0.25, 0.3) is 6.43 Å². The summed E-state index contributed by atoms with van der Waals surface area (Å²) in [6, 6.07) is -1.52. The Bertz CT molecular complexity index is 189. The van der Waals surface area contributed by atoms with Crippen molar-refractivity contribution in [3.8, 4) is 0 Å². The first kappa shape index (κ1) is 13.2. The number of esters is 1. The van der Waals surface area contributed by atoms with E-state index in [1.54, 1.807) is 6.92 Å². The van der Waals surface area contributed by atoms with Crippen LogP contribution in [0.3, 0.4) is 0 Å². The summed E-state index contributed by atoms with van der Waals surface area (Å²) in [6.45, 7) is 1.56. The van der Waals surface area contributed by atoms with E-state index in [-0.39, 0.29) is 6.42 Å². The number of nitrogens with two attached hydrogens (primary N) is 1. The Morgan fingerprint density at radius 3 is 2.21 bits per heavy atom. The van der Waals surface area contributed by atoms with Crippen molar-refractivity contribution in [2.24, 2.45) is 11.7 Å². The molecule has 0 aromatic heterocycles. The minimum Gasteiger partial charge on any atom is -0.469 e. The molecule has 3 nitrogen and oxygen atoms in total. The summed E-state index contributed by atoms with van der Waals surface area (Å²) in [5.74, 6) is -1.78. The lowest BCUT2D eigenvalue weighted by atomic mass is 9.94. The fourth-order valence-electron chi connectivity index (χ4n) is 1.14. The van der Waals surface area contributed by atoms with E-state index in [0.717, 1.165) is 7.11 Å². The van der Waals surface area contributed by atoms with Crippen LogP contribution in [0, 0.1) is 5.92 Å². The average molecular weight is 213 g/mol. The molecule has 0 heterocycles. The standard InChI is InChI=1S/C8H14F3NO2/c1-3-4(8(13)14-2)6(12)5(9)7(10)11/h4-7H,3,12H2,1-2H3. The Morgan fingerprint density at radius 1 is 1.43 bits per heavy atom. The number of carbonyl (C=O) groups excluding carboxylic acids is 1. The summed E-state index contributed by atoms with van der Waals surface area (Å²) >= 11 is 0. The van der Waals surface area contributed by atoms with Crippen LogP contribution in [-0.4, -0.2) is 31.7 Å². The second-order valence-corrected chi connectivity index (χ2v) is 2.89. The molecule has 0 aromatic rings. The first-order chi connectivity index (χ1) is 6.45. The highest BCUT2D eigenvalue weighted by atomic mass is 19.3. The Labute approximate surface area is 80.4 Å². The van der Waals surface area contributed by atoms with Gasteiger partial charge >= 0.3 is 5.97 Å². The highest BCUT2D eigenvalue weighted by molar-refractivity contribution is 5.73. The van der Waals surface area contributed by atoms with Gasteiger partial charge in [-0.3, -0.25) is 4.79 Å². The lowest BCUT2D eigenvalue weighted by Crippen LogP contribution is -2.45. The molecule has 0 aromatic carbocycles. The highest BCUT2D eigenvalue weighted by Gasteiger charge is 2.36. The zero-order chi connectivity index (χ0) is 11.3. The number of rotatable bonds is 5. The number of carbonyl (C=O) groups is 1. The molecule has 0 spiro atoms. The van der Waals surface area contributed by atoms with E-state index < -0.39 is 30.5 Å². The van der Waals surface area contributed by atoms with E-state index in [1.807, 2.05) is 0 Å². The number of alkyl halides is 3. The first-order valence-electron chi connectivity index (χ1n) is 4.21. The predicted molar refractivity (Wildman–Crippen MR) is 44.7 cm³/mol. The molecule has 0 rings (SSSR count). The maximum absolute atomic E-state index is 12.8. The van der Waals surface area contributed by atoms with Crippen molar-refractivity contribution in [2.75, 3.05) is 7.11 Å². The lowest BCUT2D eigenvalue weighted by Gasteiger charge is -2.22. The fraction of sp³-hybridized carbons (Fsp3) is 0.875. The molecule has 3 unspecified atom stereocenters. The zero-order valence-corrected chi connectivity index (χ0v) is 8.04. The summed E-state index contributed by atoms with van der Waals surface area (Å²) in [4.78, 5) is 11.0. The maximum atomic E-state index is 12.8. The van der Waals surface area contributed by atoms with Crippen LogP contribution < -0.4 is 5.73 Å². The maximum Gasteiger partial charge on any atom is 0.310 e. The number of halogens is 3. The van der Waals surface area contributed by atoms with Gasteiger partial charge < -0.3 is 10.5 Å². The number of methoxy groups -OCH3 is 1. The van der Waals surface area contributed by atoms with Gasteiger partial charge in [0.15, 0.2) is 6.17 Å². The molecule has 0 amide bonds. The minimum absolute atomic E-state index is 0.168. The quantitative estimate of drug-likeness (QED) is 0.696. The van der Waals surface area contributed by atoms with Crippen molar-refractivity contribution in [2.45, 2.75) is 32.0 Å². The monoisotopic (exact) mass is 213 g/mol. The first-order valence-corrected chi connectivity index (χ1v) is 4.21. The summed E-state index contributed by atoms with van der Waals surface area (Å²) in [5.41, 5.74) is 5.19. The molecular weight excluding hydrogens is 199 g/mol. The third kappa shape index (κ3) is 3.17. The third-order valence-electron chi connectivity index (χ3n) is 2.02. The number of hydrogen-bond donors (Lipinski definition) is 1. The second kappa shape index (κ2) is 5.85. The Hall–Kier alpha value is -0.780. The van der Waals surface area contributed by atoms with Crippen molar-refractivity contribution >= 4 is 5.97 Å². The molecule has 14 heavy (non-hydrogen) atoms.